The Hall–Kier alpha value is -3.19. The van der Waals surface area contributed by atoms with Crippen molar-refractivity contribution in [3.63, 3.8) is 0 Å². The predicted molar refractivity (Wildman–Crippen MR) is 115 cm³/mol. The summed E-state index contributed by atoms with van der Waals surface area (Å²) in [4.78, 5) is 24.8. The molecule has 3 aromatic rings. The zero-order chi connectivity index (χ0) is 20.8. The number of aryl methyl sites for hydroxylation is 1. The highest BCUT2D eigenvalue weighted by atomic mass is 32.1. The molecular formula is C22H23N3O3S. The van der Waals surface area contributed by atoms with Gasteiger partial charge in [0.25, 0.3) is 0 Å². The second-order valence-electron chi connectivity index (χ2n) is 6.48. The maximum Gasteiger partial charge on any atom is 0.338 e. The van der Waals surface area contributed by atoms with Gasteiger partial charge in [-0.3, -0.25) is 4.79 Å². The zero-order valence-corrected chi connectivity index (χ0v) is 17.5. The summed E-state index contributed by atoms with van der Waals surface area (Å²) in [7, 11) is 0. The Kier molecular flexibility index (Phi) is 6.61. The lowest BCUT2D eigenvalue weighted by Gasteiger charge is -2.10. The van der Waals surface area contributed by atoms with Crippen LogP contribution in [0.25, 0.3) is 5.69 Å². The van der Waals surface area contributed by atoms with Crippen LogP contribution in [-0.4, -0.2) is 29.3 Å². The van der Waals surface area contributed by atoms with Gasteiger partial charge in [-0.15, -0.1) is 11.3 Å². The highest BCUT2D eigenvalue weighted by Crippen LogP contribution is 2.20. The lowest BCUT2D eigenvalue weighted by molar-refractivity contribution is -0.120. The molecule has 29 heavy (non-hydrogen) atoms. The molecule has 0 aliphatic heterocycles. The van der Waals surface area contributed by atoms with Crippen LogP contribution in [0.5, 0.6) is 0 Å². The van der Waals surface area contributed by atoms with Crippen molar-refractivity contribution in [1.29, 1.82) is 0 Å². The second kappa shape index (κ2) is 9.34. The minimum atomic E-state index is -0.328. The van der Waals surface area contributed by atoms with Gasteiger partial charge < -0.3 is 9.30 Å². The van der Waals surface area contributed by atoms with Gasteiger partial charge in [0, 0.05) is 27.5 Å². The molecule has 2 heterocycles. The minimum absolute atomic E-state index is 0.146. The van der Waals surface area contributed by atoms with Crippen LogP contribution in [0.2, 0.25) is 0 Å². The third-order valence-electron chi connectivity index (χ3n) is 4.41. The third kappa shape index (κ3) is 5.00. The van der Waals surface area contributed by atoms with Gasteiger partial charge in [-0.25, -0.2) is 10.2 Å². The van der Waals surface area contributed by atoms with E-state index in [2.05, 4.69) is 15.1 Å². The van der Waals surface area contributed by atoms with Gasteiger partial charge in [0.1, 0.15) is 0 Å². The van der Waals surface area contributed by atoms with E-state index in [-0.39, 0.29) is 11.9 Å². The van der Waals surface area contributed by atoms with Gasteiger partial charge in [0.15, 0.2) is 0 Å². The van der Waals surface area contributed by atoms with Crippen molar-refractivity contribution in [2.45, 2.75) is 27.2 Å². The molecule has 0 aliphatic carbocycles. The van der Waals surface area contributed by atoms with Crippen molar-refractivity contribution in [1.82, 2.24) is 9.99 Å². The predicted octanol–water partition coefficient (Wildman–Crippen LogP) is 4.03. The topological polar surface area (TPSA) is 72.7 Å². The van der Waals surface area contributed by atoms with Crippen molar-refractivity contribution in [2.75, 3.05) is 6.61 Å². The number of thiophene rings is 1. The van der Waals surface area contributed by atoms with Gasteiger partial charge in [-0.2, -0.15) is 5.10 Å². The van der Waals surface area contributed by atoms with Gasteiger partial charge >= 0.3 is 5.97 Å². The molecule has 0 bridgehead atoms. The number of carbonyl (C=O) groups is 2. The fourth-order valence-corrected chi connectivity index (χ4v) is 3.76. The van der Waals surface area contributed by atoms with E-state index in [4.69, 9.17) is 4.74 Å². The smallest absolute Gasteiger partial charge is 0.338 e. The SMILES string of the molecule is CCOC(=O)c1ccc(-n2c(C)cc(/C=N/NC(=O)Cc3cccs3)c2C)cc1. The van der Waals surface area contributed by atoms with Crippen molar-refractivity contribution in [3.8, 4) is 5.69 Å². The van der Waals surface area contributed by atoms with Crippen LogP contribution in [0, 0.1) is 13.8 Å². The molecule has 0 atom stereocenters. The standard InChI is InChI=1S/C22H23N3O3S/c1-4-28-22(27)17-7-9-19(10-8-17)25-15(2)12-18(16(25)3)14-23-24-21(26)13-20-6-5-11-29-20/h5-12,14H,4,13H2,1-3H3,(H,24,26)/b23-14+. The Labute approximate surface area is 173 Å². The van der Waals surface area contributed by atoms with Gasteiger partial charge in [-0.05, 0) is 62.5 Å². The van der Waals surface area contributed by atoms with E-state index in [0.29, 0.717) is 18.6 Å². The van der Waals surface area contributed by atoms with E-state index < -0.39 is 0 Å². The Bertz CT molecular complexity index is 1020. The molecule has 150 valence electrons. The summed E-state index contributed by atoms with van der Waals surface area (Å²) in [6.07, 6.45) is 1.97. The normalized spacial score (nSPS) is 11.0. The van der Waals surface area contributed by atoms with Crippen LogP contribution < -0.4 is 5.43 Å². The van der Waals surface area contributed by atoms with Crippen molar-refractivity contribution < 1.29 is 14.3 Å². The van der Waals surface area contributed by atoms with Gasteiger partial charge in [-0.1, -0.05) is 6.07 Å². The fourth-order valence-electron chi connectivity index (χ4n) is 3.06. The number of benzene rings is 1. The van der Waals surface area contributed by atoms with E-state index in [1.54, 1.807) is 36.6 Å². The number of esters is 1. The maximum atomic E-state index is 12.0. The van der Waals surface area contributed by atoms with Crippen molar-refractivity contribution in [3.05, 3.63) is 75.2 Å². The number of ether oxygens (including phenoxy) is 1. The van der Waals surface area contributed by atoms with E-state index in [1.165, 1.54) is 0 Å². The number of hydrogen-bond donors (Lipinski definition) is 1. The molecular weight excluding hydrogens is 386 g/mol. The summed E-state index contributed by atoms with van der Waals surface area (Å²) in [5, 5.41) is 6.04. The molecule has 0 unspecified atom stereocenters. The monoisotopic (exact) mass is 409 g/mol. The molecule has 0 spiro atoms. The number of amides is 1. The van der Waals surface area contributed by atoms with Crippen molar-refractivity contribution in [2.24, 2.45) is 5.10 Å². The van der Waals surface area contributed by atoms with E-state index in [9.17, 15) is 9.59 Å². The molecule has 0 saturated carbocycles. The molecule has 7 heteroatoms. The molecule has 1 amide bonds. The summed E-state index contributed by atoms with van der Waals surface area (Å²) in [6.45, 7) is 6.12. The van der Waals surface area contributed by atoms with Crippen LogP contribution in [0.4, 0.5) is 0 Å². The molecule has 0 aliphatic rings. The number of carbonyl (C=O) groups excluding carboxylic acids is 2. The second-order valence-corrected chi connectivity index (χ2v) is 7.51. The molecule has 0 radical (unpaired) electrons. The summed E-state index contributed by atoms with van der Waals surface area (Å²) in [5.41, 5.74) is 6.96. The first-order valence-corrected chi connectivity index (χ1v) is 10.2. The van der Waals surface area contributed by atoms with Crippen molar-refractivity contribution >= 4 is 29.4 Å². The number of hydrogen-bond acceptors (Lipinski definition) is 5. The third-order valence-corrected chi connectivity index (χ3v) is 5.29. The molecule has 0 fully saturated rings. The first kappa shape index (κ1) is 20.5. The van der Waals surface area contributed by atoms with Crippen LogP contribution in [0.3, 0.4) is 0 Å². The van der Waals surface area contributed by atoms with Gasteiger partial charge in [0.05, 0.1) is 24.8 Å². The lowest BCUT2D eigenvalue weighted by Crippen LogP contribution is -2.19. The quantitative estimate of drug-likeness (QED) is 0.364. The average Bonchev–Trinajstić information content (AvgIpc) is 3.30. The van der Waals surface area contributed by atoms with Crippen LogP contribution >= 0.6 is 11.3 Å². The number of rotatable bonds is 7. The molecule has 2 aromatic heterocycles. The molecule has 1 aromatic carbocycles. The number of nitrogens with zero attached hydrogens (tertiary/aromatic N) is 2. The summed E-state index contributed by atoms with van der Waals surface area (Å²) in [5.74, 6) is -0.474. The summed E-state index contributed by atoms with van der Waals surface area (Å²) >= 11 is 1.55. The summed E-state index contributed by atoms with van der Waals surface area (Å²) in [6, 6.07) is 13.1. The Morgan fingerprint density at radius 3 is 2.62 bits per heavy atom. The van der Waals surface area contributed by atoms with E-state index in [1.807, 2.05) is 49.6 Å². The first-order chi connectivity index (χ1) is 14.0. The first-order valence-electron chi connectivity index (χ1n) is 9.30. The highest BCUT2D eigenvalue weighted by molar-refractivity contribution is 7.10. The lowest BCUT2D eigenvalue weighted by atomic mass is 10.2. The highest BCUT2D eigenvalue weighted by Gasteiger charge is 2.11. The number of aromatic nitrogens is 1. The molecule has 6 nitrogen and oxygen atoms in total. The number of nitrogens with one attached hydrogen (secondary N) is 1. The van der Waals surface area contributed by atoms with E-state index in [0.717, 1.165) is 27.5 Å². The largest absolute Gasteiger partial charge is 0.462 e. The summed E-state index contributed by atoms with van der Waals surface area (Å²) < 4.78 is 7.10. The zero-order valence-electron chi connectivity index (χ0n) is 16.6. The Balaban J connectivity index is 1.71. The minimum Gasteiger partial charge on any atom is -0.462 e. The Morgan fingerprint density at radius 2 is 1.97 bits per heavy atom. The Morgan fingerprint density at radius 1 is 1.21 bits per heavy atom. The number of hydrazone groups is 1. The van der Waals surface area contributed by atoms with Crippen LogP contribution in [0.15, 0.2) is 52.9 Å². The van der Waals surface area contributed by atoms with Crippen LogP contribution in [-0.2, 0) is 16.0 Å². The molecule has 1 N–H and O–H groups in total. The average molecular weight is 410 g/mol. The van der Waals surface area contributed by atoms with Crippen LogP contribution in [0.1, 0.15) is 39.1 Å². The molecule has 0 saturated heterocycles. The molecule has 3 rings (SSSR count). The van der Waals surface area contributed by atoms with Gasteiger partial charge in [0.2, 0.25) is 5.91 Å². The van der Waals surface area contributed by atoms with E-state index >= 15 is 0 Å². The maximum absolute atomic E-state index is 12.0. The fraction of sp³-hybridized carbons (Fsp3) is 0.227.